The number of ether oxygens (including phenoxy) is 1. The van der Waals surface area contributed by atoms with Crippen LogP contribution in [0, 0.1) is 5.92 Å². The number of nitrogen functional groups attached to an aromatic ring is 1. The number of aromatic nitrogens is 1. The lowest BCUT2D eigenvalue weighted by Gasteiger charge is -2.22. The van der Waals surface area contributed by atoms with E-state index in [1.165, 1.54) is 0 Å². The summed E-state index contributed by atoms with van der Waals surface area (Å²) in [6.45, 7) is 8.91. The van der Waals surface area contributed by atoms with Crippen molar-refractivity contribution in [1.82, 2.24) is 4.98 Å². The largest absolute Gasteiger partial charge is 0.470 e. The second-order valence-electron chi connectivity index (χ2n) is 5.80. The summed E-state index contributed by atoms with van der Waals surface area (Å²) < 4.78 is 5.71. The van der Waals surface area contributed by atoms with Crippen LogP contribution in [0.5, 0.6) is 5.88 Å². The Hall–Kier alpha value is -1.49. The summed E-state index contributed by atoms with van der Waals surface area (Å²) in [5.41, 5.74) is 6.05. The number of hydrogen-bond acceptors (Lipinski definition) is 5. The van der Waals surface area contributed by atoms with Crippen molar-refractivity contribution < 1.29 is 9.84 Å². The average Bonchev–Trinajstić information content (AvgIpc) is 2.29. The van der Waals surface area contributed by atoms with Crippen LogP contribution in [-0.2, 0) is 0 Å². The van der Waals surface area contributed by atoms with Gasteiger partial charge in [-0.3, -0.25) is 0 Å². The zero-order chi connectivity index (χ0) is 14.5. The fraction of sp³-hybridized carbons (Fsp3) is 0.643. The van der Waals surface area contributed by atoms with Crippen LogP contribution in [0.1, 0.15) is 34.1 Å². The fourth-order valence-electron chi connectivity index (χ4n) is 1.52. The first-order valence-electron chi connectivity index (χ1n) is 6.62. The van der Waals surface area contributed by atoms with Crippen LogP contribution in [-0.4, -0.2) is 28.8 Å². The molecule has 19 heavy (non-hydrogen) atoms. The van der Waals surface area contributed by atoms with Gasteiger partial charge in [-0.05, 0) is 45.2 Å². The van der Waals surface area contributed by atoms with Gasteiger partial charge in [-0.2, -0.15) is 4.98 Å². The summed E-state index contributed by atoms with van der Waals surface area (Å²) in [5, 5.41) is 12.1. The Morgan fingerprint density at radius 1 is 1.42 bits per heavy atom. The van der Waals surface area contributed by atoms with Crippen LogP contribution in [0.4, 0.5) is 11.5 Å². The Morgan fingerprint density at radius 2 is 2.11 bits per heavy atom. The fourth-order valence-corrected chi connectivity index (χ4v) is 1.52. The van der Waals surface area contributed by atoms with Gasteiger partial charge in [0, 0.05) is 13.2 Å². The highest BCUT2D eigenvalue weighted by molar-refractivity contribution is 5.53. The van der Waals surface area contributed by atoms with E-state index in [9.17, 15) is 0 Å². The molecule has 1 aromatic heterocycles. The molecule has 108 valence electrons. The van der Waals surface area contributed by atoms with Gasteiger partial charge in [-0.15, -0.1) is 0 Å². The number of pyridine rings is 1. The van der Waals surface area contributed by atoms with Crippen LogP contribution in [0.2, 0.25) is 0 Å². The van der Waals surface area contributed by atoms with E-state index in [0.717, 1.165) is 18.8 Å². The van der Waals surface area contributed by atoms with Gasteiger partial charge < -0.3 is 20.9 Å². The Bertz CT molecular complexity index is 402. The van der Waals surface area contributed by atoms with Crippen LogP contribution < -0.4 is 15.8 Å². The van der Waals surface area contributed by atoms with Crippen molar-refractivity contribution in [2.24, 2.45) is 5.92 Å². The van der Waals surface area contributed by atoms with Gasteiger partial charge in [0.1, 0.15) is 11.4 Å². The summed E-state index contributed by atoms with van der Waals surface area (Å²) >= 11 is 0. The average molecular weight is 267 g/mol. The first kappa shape index (κ1) is 15.6. The van der Waals surface area contributed by atoms with Crippen molar-refractivity contribution in [2.45, 2.75) is 39.7 Å². The van der Waals surface area contributed by atoms with Gasteiger partial charge in [-0.1, -0.05) is 6.92 Å². The standard InChI is InChI=1S/C14H25N3O2/c1-10(7-8-18)9-16-12-6-5-11(15)13(17-12)19-14(2,3)4/h5-6,10,18H,7-9,15H2,1-4H3,(H,16,17). The normalized spacial score (nSPS) is 13.1. The zero-order valence-electron chi connectivity index (χ0n) is 12.2. The Balaban J connectivity index is 2.68. The molecular formula is C14H25N3O2. The lowest BCUT2D eigenvalue weighted by molar-refractivity contribution is 0.125. The molecule has 0 saturated heterocycles. The number of nitrogens with one attached hydrogen (secondary N) is 1. The monoisotopic (exact) mass is 267 g/mol. The first-order valence-corrected chi connectivity index (χ1v) is 6.62. The molecular weight excluding hydrogens is 242 g/mol. The molecule has 0 aliphatic heterocycles. The Morgan fingerprint density at radius 3 is 2.68 bits per heavy atom. The number of anilines is 2. The number of aliphatic hydroxyl groups excluding tert-OH is 1. The molecule has 4 N–H and O–H groups in total. The third-order valence-electron chi connectivity index (χ3n) is 2.55. The van der Waals surface area contributed by atoms with E-state index in [0.29, 0.717) is 17.5 Å². The molecule has 0 spiro atoms. The number of nitrogens with zero attached hydrogens (tertiary/aromatic N) is 1. The number of rotatable bonds is 6. The smallest absolute Gasteiger partial charge is 0.239 e. The van der Waals surface area contributed by atoms with E-state index in [2.05, 4.69) is 17.2 Å². The molecule has 0 bridgehead atoms. The SMILES string of the molecule is CC(CCO)CNc1ccc(N)c(OC(C)(C)C)n1. The van der Waals surface area contributed by atoms with Crippen molar-refractivity contribution in [1.29, 1.82) is 0 Å². The summed E-state index contributed by atoms with van der Waals surface area (Å²) in [7, 11) is 0. The van der Waals surface area contributed by atoms with Crippen LogP contribution >= 0.6 is 0 Å². The number of aliphatic hydroxyl groups is 1. The first-order chi connectivity index (χ1) is 8.81. The van der Waals surface area contributed by atoms with Crippen molar-refractivity contribution in [3.05, 3.63) is 12.1 Å². The van der Waals surface area contributed by atoms with E-state index in [-0.39, 0.29) is 12.2 Å². The van der Waals surface area contributed by atoms with Gasteiger partial charge in [0.05, 0.1) is 5.69 Å². The molecule has 5 nitrogen and oxygen atoms in total. The molecule has 0 radical (unpaired) electrons. The van der Waals surface area contributed by atoms with Gasteiger partial charge in [0.15, 0.2) is 0 Å². The molecule has 0 aliphatic carbocycles. The van der Waals surface area contributed by atoms with E-state index in [1.807, 2.05) is 26.8 Å². The van der Waals surface area contributed by atoms with E-state index < -0.39 is 0 Å². The molecule has 1 rings (SSSR count). The maximum atomic E-state index is 8.86. The number of nitrogens with two attached hydrogens (primary N) is 1. The zero-order valence-corrected chi connectivity index (χ0v) is 12.2. The van der Waals surface area contributed by atoms with Crippen LogP contribution in [0.25, 0.3) is 0 Å². The molecule has 1 atom stereocenters. The summed E-state index contributed by atoms with van der Waals surface area (Å²) in [4.78, 5) is 4.37. The summed E-state index contributed by atoms with van der Waals surface area (Å²) in [6.07, 6.45) is 0.771. The minimum absolute atomic E-state index is 0.205. The van der Waals surface area contributed by atoms with Crippen molar-refractivity contribution in [2.75, 3.05) is 24.2 Å². The number of hydrogen-bond donors (Lipinski definition) is 3. The lowest BCUT2D eigenvalue weighted by Crippen LogP contribution is -2.24. The van der Waals surface area contributed by atoms with E-state index in [1.54, 1.807) is 6.07 Å². The molecule has 0 saturated carbocycles. The van der Waals surface area contributed by atoms with Crippen molar-refractivity contribution in [3.8, 4) is 5.88 Å². The highest BCUT2D eigenvalue weighted by Gasteiger charge is 2.15. The van der Waals surface area contributed by atoms with Gasteiger partial charge in [0.25, 0.3) is 0 Å². The molecule has 0 amide bonds. The van der Waals surface area contributed by atoms with Crippen molar-refractivity contribution in [3.63, 3.8) is 0 Å². The molecule has 0 aromatic carbocycles. The maximum absolute atomic E-state index is 8.86. The van der Waals surface area contributed by atoms with E-state index in [4.69, 9.17) is 15.6 Å². The molecule has 1 heterocycles. The second kappa shape index (κ2) is 6.61. The summed E-state index contributed by atoms with van der Waals surface area (Å²) in [5.74, 6) is 1.57. The second-order valence-corrected chi connectivity index (χ2v) is 5.80. The lowest BCUT2D eigenvalue weighted by atomic mass is 10.1. The maximum Gasteiger partial charge on any atom is 0.239 e. The van der Waals surface area contributed by atoms with Gasteiger partial charge >= 0.3 is 0 Å². The summed E-state index contributed by atoms with van der Waals surface area (Å²) in [6, 6.07) is 3.61. The highest BCUT2D eigenvalue weighted by Crippen LogP contribution is 2.25. The van der Waals surface area contributed by atoms with Crippen molar-refractivity contribution >= 4 is 11.5 Å². The quantitative estimate of drug-likeness (QED) is 0.736. The Kier molecular flexibility index (Phi) is 5.42. The van der Waals surface area contributed by atoms with Gasteiger partial charge in [0.2, 0.25) is 5.88 Å². The minimum atomic E-state index is -0.329. The van der Waals surface area contributed by atoms with E-state index >= 15 is 0 Å². The van der Waals surface area contributed by atoms with Gasteiger partial charge in [-0.25, -0.2) is 0 Å². The molecule has 5 heteroatoms. The molecule has 1 unspecified atom stereocenters. The van der Waals surface area contributed by atoms with Crippen LogP contribution in [0.3, 0.4) is 0 Å². The topological polar surface area (TPSA) is 80.4 Å². The Labute approximate surface area is 115 Å². The molecule has 1 aromatic rings. The molecule has 0 fully saturated rings. The third-order valence-corrected chi connectivity index (χ3v) is 2.55. The molecule has 0 aliphatic rings. The predicted octanol–water partition coefficient (Wildman–Crippen LogP) is 2.27. The third kappa shape index (κ3) is 5.79. The van der Waals surface area contributed by atoms with Crippen LogP contribution in [0.15, 0.2) is 12.1 Å². The minimum Gasteiger partial charge on any atom is -0.470 e. The highest BCUT2D eigenvalue weighted by atomic mass is 16.5. The predicted molar refractivity (Wildman–Crippen MR) is 78.4 cm³/mol.